The lowest BCUT2D eigenvalue weighted by Crippen LogP contribution is -2.59. The summed E-state index contributed by atoms with van der Waals surface area (Å²) in [5.41, 5.74) is 6.52. The van der Waals surface area contributed by atoms with Crippen molar-refractivity contribution < 1.29 is 29.1 Å². The standard InChI is InChI=1S/C32H40N6O6/c1-32(2,3)37-30(43)25-14-9-15-38(25)31(44)27(40)22(16-19-10-5-4-6-11-19)35-29(42)24(18-26(33)39)36-28(41)23-17-20-12-7-8-13-21(20)34-23/h4-8,10-13,17,22,24-25,27,34,40H,9,14-16,18H2,1-3H3,(H2,33,39)(H,35,42)(H,36,41)(H,37,43)/t22-,24-,25-,27-/m0/s1. The van der Waals surface area contributed by atoms with Crippen LogP contribution in [0.1, 0.15) is 56.1 Å². The summed E-state index contributed by atoms with van der Waals surface area (Å²) in [7, 11) is 0. The highest BCUT2D eigenvalue weighted by molar-refractivity contribution is 6.01. The molecular weight excluding hydrogens is 564 g/mol. The Morgan fingerprint density at radius 3 is 2.36 bits per heavy atom. The molecule has 0 saturated carbocycles. The number of fused-ring (bicyclic) bond motifs is 1. The van der Waals surface area contributed by atoms with Crippen LogP contribution in [-0.2, 0) is 25.6 Å². The summed E-state index contributed by atoms with van der Waals surface area (Å²) in [4.78, 5) is 69.4. The molecule has 0 radical (unpaired) electrons. The van der Waals surface area contributed by atoms with Crippen LogP contribution >= 0.6 is 0 Å². The highest BCUT2D eigenvalue weighted by Gasteiger charge is 2.41. The van der Waals surface area contributed by atoms with Gasteiger partial charge < -0.3 is 36.7 Å². The first-order valence-electron chi connectivity index (χ1n) is 14.6. The summed E-state index contributed by atoms with van der Waals surface area (Å²) in [5.74, 6) is -3.29. The van der Waals surface area contributed by atoms with Gasteiger partial charge in [-0.1, -0.05) is 48.5 Å². The topological polar surface area (TPSA) is 187 Å². The van der Waals surface area contributed by atoms with Crippen molar-refractivity contribution in [2.45, 2.75) is 76.2 Å². The van der Waals surface area contributed by atoms with Crippen molar-refractivity contribution in [2.75, 3.05) is 6.54 Å². The van der Waals surface area contributed by atoms with E-state index in [1.54, 1.807) is 36.4 Å². The van der Waals surface area contributed by atoms with E-state index in [9.17, 15) is 29.1 Å². The SMILES string of the molecule is CC(C)(C)NC(=O)[C@@H]1CCCN1C(=O)[C@@H](O)[C@H](Cc1ccccc1)NC(=O)[C@H](CC(N)=O)NC(=O)c1cc2ccccc2[nH]1. The Hall–Kier alpha value is -4.71. The third-order valence-corrected chi connectivity index (χ3v) is 7.40. The second kappa shape index (κ2) is 13.7. The van der Waals surface area contributed by atoms with Gasteiger partial charge in [0.15, 0.2) is 6.10 Å². The summed E-state index contributed by atoms with van der Waals surface area (Å²) < 4.78 is 0. The molecule has 3 aromatic rings. The number of primary amides is 1. The van der Waals surface area contributed by atoms with Crippen LogP contribution in [0.4, 0.5) is 0 Å². The number of nitrogens with zero attached hydrogens (tertiary/aromatic N) is 1. The summed E-state index contributed by atoms with van der Waals surface area (Å²) in [6, 6.07) is 14.5. The Balaban J connectivity index is 1.54. The van der Waals surface area contributed by atoms with Crippen molar-refractivity contribution in [3.05, 3.63) is 71.9 Å². The molecule has 234 valence electrons. The first-order chi connectivity index (χ1) is 20.8. The summed E-state index contributed by atoms with van der Waals surface area (Å²) >= 11 is 0. The van der Waals surface area contributed by atoms with Gasteiger partial charge in [0.05, 0.1) is 12.5 Å². The number of carbonyl (C=O) groups excluding carboxylic acids is 5. The highest BCUT2D eigenvalue weighted by Crippen LogP contribution is 2.21. The van der Waals surface area contributed by atoms with E-state index in [1.165, 1.54) is 4.90 Å². The molecule has 1 aliphatic heterocycles. The second-order valence-corrected chi connectivity index (χ2v) is 12.1. The third kappa shape index (κ3) is 8.22. The first-order valence-corrected chi connectivity index (χ1v) is 14.6. The third-order valence-electron chi connectivity index (χ3n) is 7.40. The van der Waals surface area contributed by atoms with Crippen molar-refractivity contribution in [1.29, 1.82) is 0 Å². The normalized spacial score (nSPS) is 17.0. The van der Waals surface area contributed by atoms with Gasteiger partial charge in [-0.05, 0) is 57.7 Å². The fourth-order valence-corrected chi connectivity index (χ4v) is 5.33. The van der Waals surface area contributed by atoms with E-state index >= 15 is 0 Å². The molecule has 7 N–H and O–H groups in total. The summed E-state index contributed by atoms with van der Waals surface area (Å²) in [5, 5.41) is 20.3. The maximum Gasteiger partial charge on any atom is 0.268 e. The number of nitrogens with two attached hydrogens (primary N) is 1. The molecule has 4 atom stereocenters. The maximum atomic E-state index is 13.6. The summed E-state index contributed by atoms with van der Waals surface area (Å²) in [6.45, 7) is 5.79. The van der Waals surface area contributed by atoms with E-state index in [4.69, 9.17) is 5.73 Å². The van der Waals surface area contributed by atoms with Gasteiger partial charge in [-0.2, -0.15) is 0 Å². The van der Waals surface area contributed by atoms with Crippen LogP contribution in [0, 0.1) is 0 Å². The Labute approximate surface area is 255 Å². The Morgan fingerprint density at radius 1 is 1.02 bits per heavy atom. The predicted molar refractivity (Wildman–Crippen MR) is 164 cm³/mol. The van der Waals surface area contributed by atoms with E-state index in [-0.39, 0.29) is 24.6 Å². The van der Waals surface area contributed by atoms with E-state index < -0.39 is 59.8 Å². The van der Waals surface area contributed by atoms with Gasteiger partial charge in [0, 0.05) is 23.0 Å². The smallest absolute Gasteiger partial charge is 0.268 e. The number of aromatic nitrogens is 1. The number of H-pyrrole nitrogens is 1. The number of aromatic amines is 1. The van der Waals surface area contributed by atoms with Crippen molar-refractivity contribution in [1.82, 2.24) is 25.8 Å². The minimum Gasteiger partial charge on any atom is -0.381 e. The number of carbonyl (C=O) groups is 5. The number of nitrogens with one attached hydrogen (secondary N) is 4. The minimum absolute atomic E-state index is 0.0609. The zero-order valence-electron chi connectivity index (χ0n) is 25.1. The largest absolute Gasteiger partial charge is 0.381 e. The molecule has 12 nitrogen and oxygen atoms in total. The molecular formula is C32H40N6O6. The van der Waals surface area contributed by atoms with Gasteiger partial charge in [-0.15, -0.1) is 0 Å². The Morgan fingerprint density at radius 2 is 1.70 bits per heavy atom. The fraction of sp³-hybridized carbons (Fsp3) is 0.406. The molecule has 5 amide bonds. The molecule has 1 saturated heterocycles. The average Bonchev–Trinajstić information content (AvgIpc) is 3.63. The van der Waals surface area contributed by atoms with Crippen molar-refractivity contribution >= 4 is 40.4 Å². The number of aliphatic hydroxyl groups excluding tert-OH is 1. The molecule has 0 aliphatic carbocycles. The van der Waals surface area contributed by atoms with Gasteiger partial charge in [-0.25, -0.2) is 0 Å². The molecule has 44 heavy (non-hydrogen) atoms. The number of hydrogen-bond donors (Lipinski definition) is 6. The van der Waals surface area contributed by atoms with Crippen LogP contribution in [0.25, 0.3) is 10.9 Å². The fourth-order valence-electron chi connectivity index (χ4n) is 5.33. The molecule has 0 bridgehead atoms. The molecule has 1 aromatic heterocycles. The lowest BCUT2D eigenvalue weighted by Gasteiger charge is -2.32. The zero-order chi connectivity index (χ0) is 32.0. The Bertz CT molecular complexity index is 1480. The van der Waals surface area contributed by atoms with Crippen LogP contribution in [0.5, 0.6) is 0 Å². The molecule has 0 spiro atoms. The van der Waals surface area contributed by atoms with Gasteiger partial charge in [0.1, 0.15) is 17.8 Å². The maximum absolute atomic E-state index is 13.6. The van der Waals surface area contributed by atoms with E-state index in [0.29, 0.717) is 12.8 Å². The van der Waals surface area contributed by atoms with Gasteiger partial charge in [-0.3, -0.25) is 24.0 Å². The number of hydrogen-bond acceptors (Lipinski definition) is 6. The molecule has 2 aromatic carbocycles. The van der Waals surface area contributed by atoms with Crippen LogP contribution in [0.2, 0.25) is 0 Å². The second-order valence-electron chi connectivity index (χ2n) is 12.1. The first kappa shape index (κ1) is 32.2. The van der Waals surface area contributed by atoms with Crippen molar-refractivity contribution in [3.8, 4) is 0 Å². The summed E-state index contributed by atoms with van der Waals surface area (Å²) in [6.07, 6.45) is -1.15. The van der Waals surface area contributed by atoms with Gasteiger partial charge in [0.25, 0.3) is 11.8 Å². The number of aliphatic hydroxyl groups is 1. The van der Waals surface area contributed by atoms with Gasteiger partial charge >= 0.3 is 0 Å². The van der Waals surface area contributed by atoms with E-state index in [0.717, 1.165) is 16.5 Å². The number of likely N-dealkylation sites (tertiary alicyclic amines) is 1. The number of rotatable bonds is 11. The lowest BCUT2D eigenvalue weighted by atomic mass is 9.99. The van der Waals surface area contributed by atoms with Crippen molar-refractivity contribution in [3.63, 3.8) is 0 Å². The van der Waals surface area contributed by atoms with Gasteiger partial charge in [0.2, 0.25) is 17.7 Å². The monoisotopic (exact) mass is 604 g/mol. The minimum atomic E-state index is -1.72. The number of amides is 5. The van der Waals surface area contributed by atoms with E-state index in [1.807, 2.05) is 45.0 Å². The molecule has 12 heteroatoms. The molecule has 4 rings (SSSR count). The van der Waals surface area contributed by atoms with Crippen LogP contribution in [0.15, 0.2) is 60.7 Å². The quantitative estimate of drug-likeness (QED) is 0.190. The average molecular weight is 605 g/mol. The Kier molecular flexibility index (Phi) is 10.0. The number of benzene rings is 2. The predicted octanol–water partition coefficient (Wildman–Crippen LogP) is 1.14. The number of para-hydroxylation sites is 1. The van der Waals surface area contributed by atoms with Crippen molar-refractivity contribution in [2.24, 2.45) is 5.73 Å². The zero-order valence-corrected chi connectivity index (χ0v) is 25.1. The van der Waals surface area contributed by atoms with Crippen LogP contribution in [-0.4, -0.2) is 80.8 Å². The molecule has 1 fully saturated rings. The van der Waals surface area contributed by atoms with Crippen LogP contribution < -0.4 is 21.7 Å². The molecule has 0 unspecified atom stereocenters. The van der Waals surface area contributed by atoms with Crippen LogP contribution in [0.3, 0.4) is 0 Å². The van der Waals surface area contributed by atoms with E-state index in [2.05, 4.69) is 20.9 Å². The molecule has 1 aliphatic rings. The lowest BCUT2D eigenvalue weighted by molar-refractivity contribution is -0.147. The molecule has 2 heterocycles. The highest BCUT2D eigenvalue weighted by atomic mass is 16.3.